The van der Waals surface area contributed by atoms with E-state index in [9.17, 15) is 4.79 Å². The van der Waals surface area contributed by atoms with Crippen LogP contribution in [-0.2, 0) is 16.0 Å². The van der Waals surface area contributed by atoms with Gasteiger partial charge in [0.15, 0.2) is 0 Å². The van der Waals surface area contributed by atoms with Crippen LogP contribution in [0.15, 0.2) is 48.5 Å². The van der Waals surface area contributed by atoms with Crippen LogP contribution in [0.1, 0.15) is 36.7 Å². The van der Waals surface area contributed by atoms with Gasteiger partial charge in [0.1, 0.15) is 5.88 Å². The number of rotatable bonds is 3. The molecule has 3 aromatic rings. The molecule has 6 heteroatoms. The third-order valence-corrected chi connectivity index (χ3v) is 6.82. The summed E-state index contributed by atoms with van der Waals surface area (Å²) in [6.45, 7) is 6.76. The van der Waals surface area contributed by atoms with Gasteiger partial charge in [-0.2, -0.15) is 0 Å². The Labute approximate surface area is 187 Å². The molecule has 1 aromatic heterocycles. The van der Waals surface area contributed by atoms with Crippen LogP contribution < -0.4 is 4.90 Å². The summed E-state index contributed by atoms with van der Waals surface area (Å²) >= 11 is 6.03. The molecule has 31 heavy (non-hydrogen) atoms. The molecule has 2 aliphatic rings. The third-order valence-electron chi connectivity index (χ3n) is 6.59. The number of hydrogen-bond donors (Lipinski definition) is 1. The van der Waals surface area contributed by atoms with Gasteiger partial charge in [0.05, 0.1) is 18.8 Å². The van der Waals surface area contributed by atoms with E-state index in [1.165, 1.54) is 16.6 Å². The van der Waals surface area contributed by atoms with E-state index >= 15 is 0 Å². The van der Waals surface area contributed by atoms with E-state index in [-0.39, 0.29) is 30.0 Å². The minimum atomic E-state index is -0.171. The van der Waals surface area contributed by atoms with Crippen LogP contribution in [0, 0.1) is 0 Å². The number of carbonyl (C=O) groups excluding carboxylic acids is 1. The molecule has 1 unspecified atom stereocenters. The highest BCUT2D eigenvalue weighted by molar-refractivity contribution is 6.27. The van der Waals surface area contributed by atoms with Crippen molar-refractivity contribution in [3.05, 3.63) is 65.4 Å². The molecule has 1 saturated heterocycles. The Hall–Kier alpha value is -2.50. The molecule has 3 atom stereocenters. The maximum Gasteiger partial charge on any atom is 0.238 e. The van der Waals surface area contributed by atoms with Crippen LogP contribution in [0.2, 0.25) is 0 Å². The van der Waals surface area contributed by atoms with Gasteiger partial charge in [0.25, 0.3) is 0 Å². The number of anilines is 1. The first-order valence-corrected chi connectivity index (χ1v) is 11.5. The highest BCUT2D eigenvalue weighted by Crippen LogP contribution is 2.41. The smallest absolute Gasteiger partial charge is 0.238 e. The number of aromatic amines is 1. The number of H-pyrrole nitrogens is 1. The summed E-state index contributed by atoms with van der Waals surface area (Å²) < 4.78 is 5.68. The highest BCUT2D eigenvalue weighted by Gasteiger charge is 2.38. The second-order valence-electron chi connectivity index (χ2n) is 8.67. The van der Waals surface area contributed by atoms with Crippen LogP contribution in [0.3, 0.4) is 0 Å². The maximum absolute atomic E-state index is 12.9. The number of hydrogen-bond acceptors (Lipinski definition) is 3. The molecule has 1 amide bonds. The van der Waals surface area contributed by atoms with Gasteiger partial charge in [-0.3, -0.25) is 4.79 Å². The molecule has 0 spiro atoms. The first kappa shape index (κ1) is 20.4. The zero-order valence-electron chi connectivity index (χ0n) is 18.0. The van der Waals surface area contributed by atoms with Gasteiger partial charge >= 0.3 is 0 Å². The van der Waals surface area contributed by atoms with Crippen molar-refractivity contribution >= 4 is 34.1 Å². The number of halogens is 1. The average molecular weight is 438 g/mol. The van der Waals surface area contributed by atoms with E-state index in [2.05, 4.69) is 66.2 Å². The Morgan fingerprint density at radius 2 is 1.94 bits per heavy atom. The molecule has 2 aliphatic heterocycles. The lowest BCUT2D eigenvalue weighted by Gasteiger charge is -2.41. The molecular formula is C25H28ClN3O2. The minimum Gasteiger partial charge on any atom is -0.375 e. The van der Waals surface area contributed by atoms with Gasteiger partial charge in [-0.25, -0.2) is 0 Å². The summed E-state index contributed by atoms with van der Waals surface area (Å²) in [6, 6.07) is 16.9. The van der Waals surface area contributed by atoms with E-state index in [0.717, 1.165) is 42.9 Å². The second-order valence-corrected chi connectivity index (χ2v) is 8.94. The van der Waals surface area contributed by atoms with Gasteiger partial charge in [0.2, 0.25) is 5.91 Å². The van der Waals surface area contributed by atoms with Gasteiger partial charge in [-0.05, 0) is 49.6 Å². The van der Waals surface area contributed by atoms with Gasteiger partial charge < -0.3 is 19.5 Å². The number of morpholine rings is 1. The second kappa shape index (κ2) is 8.21. The summed E-state index contributed by atoms with van der Waals surface area (Å²) in [6.07, 6.45) is 1.06. The zero-order valence-corrected chi connectivity index (χ0v) is 18.7. The average Bonchev–Trinajstić information content (AvgIpc) is 3.16. The van der Waals surface area contributed by atoms with Crippen molar-refractivity contribution in [1.82, 2.24) is 9.88 Å². The van der Waals surface area contributed by atoms with E-state index < -0.39 is 0 Å². The summed E-state index contributed by atoms with van der Waals surface area (Å²) in [4.78, 5) is 20.8. The molecule has 1 fully saturated rings. The summed E-state index contributed by atoms with van der Waals surface area (Å²) in [7, 11) is 0. The van der Waals surface area contributed by atoms with E-state index in [4.69, 9.17) is 16.3 Å². The van der Waals surface area contributed by atoms with Gasteiger partial charge in [0, 0.05) is 41.4 Å². The number of ether oxygens (including phenoxy) is 1. The lowest BCUT2D eigenvalue weighted by atomic mass is 9.88. The number of nitrogens with zero attached hydrogens (tertiary/aromatic N) is 2. The topological polar surface area (TPSA) is 48.6 Å². The number of para-hydroxylation sites is 1. The Kier molecular flexibility index (Phi) is 5.40. The fourth-order valence-corrected chi connectivity index (χ4v) is 5.31. The highest BCUT2D eigenvalue weighted by atomic mass is 35.5. The number of alkyl halides is 1. The van der Waals surface area contributed by atoms with Crippen LogP contribution >= 0.6 is 11.6 Å². The molecule has 0 radical (unpaired) electrons. The van der Waals surface area contributed by atoms with Crippen LogP contribution in [0.4, 0.5) is 5.69 Å². The fraction of sp³-hybridized carbons (Fsp3) is 0.400. The molecule has 0 saturated carbocycles. The Morgan fingerprint density at radius 1 is 1.16 bits per heavy atom. The molecule has 1 N–H and O–H groups in total. The predicted molar refractivity (Wildman–Crippen MR) is 125 cm³/mol. The number of aromatic nitrogens is 1. The molecule has 5 nitrogen and oxygen atoms in total. The van der Waals surface area contributed by atoms with E-state index in [1.54, 1.807) is 0 Å². The van der Waals surface area contributed by atoms with E-state index in [1.807, 2.05) is 11.0 Å². The maximum atomic E-state index is 12.9. The van der Waals surface area contributed by atoms with Crippen molar-refractivity contribution in [2.45, 2.75) is 38.5 Å². The monoisotopic (exact) mass is 437 g/mol. The SMILES string of the molecule is CC1CN(c2ccc([C@@H]3c4[nH]c5ccccc5c4C[C@H](C)N3C(=O)CCl)cc2)CCO1. The Balaban J connectivity index is 1.57. The predicted octanol–water partition coefficient (Wildman–Crippen LogP) is 4.49. The minimum absolute atomic E-state index is 0.0137. The van der Waals surface area contributed by atoms with Crippen molar-refractivity contribution in [2.24, 2.45) is 0 Å². The summed E-state index contributed by atoms with van der Waals surface area (Å²) in [5.74, 6) is -0.0466. The Bertz CT molecular complexity index is 1090. The first-order chi connectivity index (χ1) is 15.1. The number of carbonyl (C=O) groups is 1. The van der Waals surface area contributed by atoms with Crippen molar-refractivity contribution in [3.63, 3.8) is 0 Å². The molecule has 0 aliphatic carbocycles. The molecule has 2 aromatic carbocycles. The van der Waals surface area contributed by atoms with Gasteiger partial charge in [-0.15, -0.1) is 11.6 Å². The fourth-order valence-electron chi connectivity index (χ4n) is 5.17. The lowest BCUT2D eigenvalue weighted by molar-refractivity contribution is -0.133. The van der Waals surface area contributed by atoms with Crippen molar-refractivity contribution in [2.75, 3.05) is 30.5 Å². The number of amides is 1. The lowest BCUT2D eigenvalue weighted by Crippen LogP contribution is -2.47. The number of nitrogens with one attached hydrogen (secondary N) is 1. The van der Waals surface area contributed by atoms with Crippen LogP contribution in [0.25, 0.3) is 10.9 Å². The summed E-state index contributed by atoms with van der Waals surface area (Å²) in [5, 5.41) is 1.24. The largest absolute Gasteiger partial charge is 0.375 e. The van der Waals surface area contributed by atoms with Crippen LogP contribution in [-0.4, -0.2) is 53.5 Å². The number of fused-ring (bicyclic) bond motifs is 3. The normalized spacial score (nSPS) is 23.8. The zero-order chi connectivity index (χ0) is 21.5. The standard InChI is InChI=1S/C25H28ClN3O2/c1-16-13-21-20-5-3-4-6-22(20)27-24(21)25(29(16)23(30)14-26)18-7-9-19(10-8-18)28-11-12-31-17(2)15-28/h3-10,16-17,25,27H,11-15H2,1-2H3/t16-,17?,25+/m0/s1. The molecule has 0 bridgehead atoms. The van der Waals surface area contributed by atoms with Crippen molar-refractivity contribution in [3.8, 4) is 0 Å². The molecule has 3 heterocycles. The molecular weight excluding hydrogens is 410 g/mol. The van der Waals surface area contributed by atoms with Crippen molar-refractivity contribution in [1.29, 1.82) is 0 Å². The molecule has 5 rings (SSSR count). The molecule has 162 valence electrons. The summed E-state index contributed by atoms with van der Waals surface area (Å²) in [5.41, 5.74) is 5.81. The quantitative estimate of drug-likeness (QED) is 0.614. The van der Waals surface area contributed by atoms with E-state index in [0.29, 0.717) is 0 Å². The Morgan fingerprint density at radius 3 is 2.68 bits per heavy atom. The van der Waals surface area contributed by atoms with Gasteiger partial charge in [-0.1, -0.05) is 30.3 Å². The number of benzene rings is 2. The first-order valence-electron chi connectivity index (χ1n) is 11.0. The third kappa shape index (κ3) is 3.60. The van der Waals surface area contributed by atoms with Crippen molar-refractivity contribution < 1.29 is 9.53 Å². The van der Waals surface area contributed by atoms with Crippen LogP contribution in [0.5, 0.6) is 0 Å².